The van der Waals surface area contributed by atoms with Crippen LogP contribution in [0.5, 0.6) is 5.75 Å². The van der Waals surface area contributed by atoms with Gasteiger partial charge in [0.15, 0.2) is 17.2 Å². The van der Waals surface area contributed by atoms with Gasteiger partial charge in [0.05, 0.1) is 0 Å². The van der Waals surface area contributed by atoms with Gasteiger partial charge >= 0.3 is 11.9 Å². The summed E-state index contributed by atoms with van der Waals surface area (Å²) in [6.45, 7) is -0.206. The number of aliphatic carboxylic acids is 1. The van der Waals surface area contributed by atoms with Gasteiger partial charge < -0.3 is 19.8 Å². The molecule has 0 fully saturated rings. The molecule has 7 nitrogen and oxygen atoms in total. The van der Waals surface area contributed by atoms with Crippen molar-refractivity contribution < 1.29 is 29.3 Å². The van der Waals surface area contributed by atoms with Crippen LogP contribution in [0.15, 0.2) is 48.5 Å². The Kier molecular flexibility index (Phi) is 5.60. The van der Waals surface area contributed by atoms with Crippen LogP contribution in [0.1, 0.15) is 25.6 Å². The van der Waals surface area contributed by atoms with Crippen molar-refractivity contribution >= 4 is 39.3 Å². The van der Waals surface area contributed by atoms with E-state index in [1.807, 2.05) is 30.3 Å². The third-order valence-corrected chi connectivity index (χ3v) is 5.16. The summed E-state index contributed by atoms with van der Waals surface area (Å²) in [4.78, 5) is 36.4. The van der Waals surface area contributed by atoms with E-state index in [2.05, 4.69) is 0 Å². The molecule has 0 aliphatic heterocycles. The number of ether oxygens (including phenoxy) is 1. The summed E-state index contributed by atoms with van der Waals surface area (Å²) < 4.78 is 5.71. The number of carboxylic acid groups (broad SMARTS) is 2. The molecule has 144 valence electrons. The SMILES string of the molecule is CN(Cc1ccccc1)C(=O)c1ccc2c(OCC(=O)O)c(C(=O)O)sc2c1. The van der Waals surface area contributed by atoms with E-state index in [9.17, 15) is 19.5 Å². The monoisotopic (exact) mass is 399 g/mol. The lowest BCUT2D eigenvalue weighted by atomic mass is 10.1. The molecule has 3 aromatic rings. The molecule has 3 rings (SSSR count). The second kappa shape index (κ2) is 8.10. The largest absolute Gasteiger partial charge is 0.479 e. The summed E-state index contributed by atoms with van der Waals surface area (Å²) in [7, 11) is 1.69. The van der Waals surface area contributed by atoms with E-state index in [4.69, 9.17) is 9.84 Å². The number of rotatable bonds is 7. The maximum Gasteiger partial charge on any atom is 0.349 e. The number of thiophene rings is 1. The van der Waals surface area contributed by atoms with E-state index in [1.165, 1.54) is 0 Å². The van der Waals surface area contributed by atoms with Crippen LogP contribution in [0.2, 0.25) is 0 Å². The summed E-state index contributed by atoms with van der Waals surface area (Å²) in [6.07, 6.45) is 0. The molecule has 0 aliphatic rings. The number of carbonyl (C=O) groups excluding carboxylic acids is 1. The first-order chi connectivity index (χ1) is 13.4. The lowest BCUT2D eigenvalue weighted by Gasteiger charge is -2.17. The number of hydrogen-bond acceptors (Lipinski definition) is 5. The van der Waals surface area contributed by atoms with Gasteiger partial charge in [0.1, 0.15) is 0 Å². The van der Waals surface area contributed by atoms with Crippen molar-refractivity contribution in [2.45, 2.75) is 6.54 Å². The normalized spacial score (nSPS) is 10.6. The second-order valence-corrected chi connectivity index (χ2v) is 7.16. The zero-order valence-electron chi connectivity index (χ0n) is 14.9. The molecule has 0 saturated carbocycles. The lowest BCUT2D eigenvalue weighted by molar-refractivity contribution is -0.139. The molecule has 28 heavy (non-hydrogen) atoms. The molecular weight excluding hydrogens is 382 g/mol. The van der Waals surface area contributed by atoms with Crippen molar-refractivity contribution in [1.82, 2.24) is 4.90 Å². The van der Waals surface area contributed by atoms with Crippen molar-refractivity contribution in [2.75, 3.05) is 13.7 Å². The topological polar surface area (TPSA) is 104 Å². The molecule has 0 spiro atoms. The van der Waals surface area contributed by atoms with Gasteiger partial charge in [0.2, 0.25) is 0 Å². The molecule has 2 aromatic carbocycles. The van der Waals surface area contributed by atoms with E-state index in [1.54, 1.807) is 30.1 Å². The molecule has 0 bridgehead atoms. The number of fused-ring (bicyclic) bond motifs is 1. The van der Waals surface area contributed by atoms with Crippen LogP contribution in [-0.2, 0) is 11.3 Å². The number of aromatic carboxylic acids is 1. The minimum Gasteiger partial charge on any atom is -0.479 e. The smallest absolute Gasteiger partial charge is 0.349 e. The number of amides is 1. The van der Waals surface area contributed by atoms with Gasteiger partial charge in [0.25, 0.3) is 5.91 Å². The molecule has 0 unspecified atom stereocenters. The predicted molar refractivity (Wildman–Crippen MR) is 104 cm³/mol. The van der Waals surface area contributed by atoms with Crippen LogP contribution in [-0.4, -0.2) is 46.6 Å². The molecule has 0 aliphatic carbocycles. The Morgan fingerprint density at radius 3 is 2.43 bits per heavy atom. The van der Waals surface area contributed by atoms with Crippen LogP contribution >= 0.6 is 11.3 Å². The molecule has 0 atom stereocenters. The van der Waals surface area contributed by atoms with Gasteiger partial charge in [-0.15, -0.1) is 11.3 Å². The van der Waals surface area contributed by atoms with E-state index in [0.29, 0.717) is 22.2 Å². The Morgan fingerprint density at radius 2 is 1.79 bits per heavy atom. The highest BCUT2D eigenvalue weighted by atomic mass is 32.1. The molecule has 0 saturated heterocycles. The van der Waals surface area contributed by atoms with Gasteiger partial charge in [-0.3, -0.25) is 4.79 Å². The number of benzene rings is 2. The third kappa shape index (κ3) is 4.12. The average molecular weight is 399 g/mol. The Bertz CT molecular complexity index is 1040. The van der Waals surface area contributed by atoms with Gasteiger partial charge in [-0.2, -0.15) is 0 Å². The molecule has 8 heteroatoms. The maximum atomic E-state index is 12.7. The summed E-state index contributed by atoms with van der Waals surface area (Å²) in [5.74, 6) is -2.61. The minimum atomic E-state index is -1.21. The van der Waals surface area contributed by atoms with Gasteiger partial charge in [-0.25, -0.2) is 9.59 Å². The van der Waals surface area contributed by atoms with Gasteiger partial charge in [0, 0.05) is 29.2 Å². The Labute approximate surface area is 164 Å². The van der Waals surface area contributed by atoms with Gasteiger partial charge in [-0.1, -0.05) is 30.3 Å². The molecular formula is C20H17NO6S. The lowest BCUT2D eigenvalue weighted by Crippen LogP contribution is -2.26. The van der Waals surface area contributed by atoms with E-state index in [-0.39, 0.29) is 16.5 Å². The average Bonchev–Trinajstić information content (AvgIpc) is 3.04. The minimum absolute atomic E-state index is 0.00605. The Morgan fingerprint density at radius 1 is 1.07 bits per heavy atom. The standard InChI is InChI=1S/C20H17NO6S/c1-21(10-12-5-3-2-4-6-12)19(24)13-7-8-14-15(9-13)28-18(20(25)26)17(14)27-11-16(22)23/h2-9H,10-11H2,1H3,(H,22,23)(H,25,26). The second-order valence-electron chi connectivity index (χ2n) is 6.11. The number of carbonyl (C=O) groups is 3. The van der Waals surface area contributed by atoms with Crippen molar-refractivity contribution in [2.24, 2.45) is 0 Å². The molecule has 0 radical (unpaired) electrons. The highest BCUT2D eigenvalue weighted by Crippen LogP contribution is 2.38. The zero-order chi connectivity index (χ0) is 20.3. The van der Waals surface area contributed by atoms with Crippen LogP contribution in [0.4, 0.5) is 0 Å². The molecule has 1 aromatic heterocycles. The summed E-state index contributed by atoms with van der Waals surface area (Å²) >= 11 is 0.943. The highest BCUT2D eigenvalue weighted by Gasteiger charge is 2.22. The van der Waals surface area contributed by atoms with E-state index >= 15 is 0 Å². The highest BCUT2D eigenvalue weighted by molar-refractivity contribution is 7.21. The maximum absolute atomic E-state index is 12.7. The van der Waals surface area contributed by atoms with Crippen molar-refractivity contribution in [1.29, 1.82) is 0 Å². The van der Waals surface area contributed by atoms with Crippen LogP contribution < -0.4 is 4.74 Å². The van der Waals surface area contributed by atoms with Crippen LogP contribution in [0.25, 0.3) is 10.1 Å². The first kappa shape index (κ1) is 19.4. The van der Waals surface area contributed by atoms with E-state index in [0.717, 1.165) is 16.9 Å². The fourth-order valence-electron chi connectivity index (χ4n) is 2.77. The quantitative estimate of drug-likeness (QED) is 0.631. The number of hydrogen-bond donors (Lipinski definition) is 2. The van der Waals surface area contributed by atoms with Crippen molar-refractivity contribution in [3.8, 4) is 5.75 Å². The van der Waals surface area contributed by atoms with E-state index < -0.39 is 18.5 Å². The fraction of sp³-hybridized carbons (Fsp3) is 0.150. The summed E-state index contributed by atoms with van der Waals surface area (Å²) in [5.41, 5.74) is 1.40. The fourth-order valence-corrected chi connectivity index (χ4v) is 3.80. The molecule has 1 heterocycles. The predicted octanol–water partition coefficient (Wildman–Crippen LogP) is 3.34. The Hall–Kier alpha value is -3.39. The molecule has 2 N–H and O–H groups in total. The van der Waals surface area contributed by atoms with Crippen LogP contribution in [0, 0.1) is 0 Å². The first-order valence-electron chi connectivity index (χ1n) is 8.30. The van der Waals surface area contributed by atoms with Gasteiger partial charge in [-0.05, 0) is 23.8 Å². The Balaban J connectivity index is 1.90. The van der Waals surface area contributed by atoms with Crippen molar-refractivity contribution in [3.05, 3.63) is 64.5 Å². The summed E-state index contributed by atoms with van der Waals surface area (Å²) in [5, 5.41) is 18.6. The summed E-state index contributed by atoms with van der Waals surface area (Å²) in [6, 6.07) is 14.3. The van der Waals surface area contributed by atoms with Crippen LogP contribution in [0.3, 0.4) is 0 Å². The first-order valence-corrected chi connectivity index (χ1v) is 9.12. The third-order valence-electron chi connectivity index (χ3n) is 4.03. The number of carboxylic acids is 2. The zero-order valence-corrected chi connectivity index (χ0v) is 15.7. The number of nitrogens with zero attached hydrogens (tertiary/aromatic N) is 1. The van der Waals surface area contributed by atoms with Crippen molar-refractivity contribution in [3.63, 3.8) is 0 Å². The molecule has 1 amide bonds.